The topological polar surface area (TPSA) is 59.2 Å². The molecule has 2 N–H and O–H groups in total. The third-order valence-corrected chi connectivity index (χ3v) is 3.61. The van der Waals surface area contributed by atoms with Crippen LogP contribution < -0.4 is 5.73 Å². The van der Waals surface area contributed by atoms with E-state index < -0.39 is 0 Å². The minimum absolute atomic E-state index is 0.0204. The Balaban J connectivity index is 2.74. The smallest absolute Gasteiger partial charge is 0.265 e. The molecule has 1 unspecified atom stereocenters. The van der Waals surface area contributed by atoms with Crippen molar-refractivity contribution >= 4 is 22.4 Å². The molecule has 1 aromatic rings. The van der Waals surface area contributed by atoms with Gasteiger partial charge in [-0.05, 0) is 12.8 Å². The third kappa shape index (κ3) is 2.95. The first-order valence-electron chi connectivity index (χ1n) is 5.44. The monoisotopic (exact) mass is 241 g/mol. The molecule has 0 aromatic carbocycles. The second kappa shape index (κ2) is 5.30. The van der Waals surface area contributed by atoms with E-state index in [-0.39, 0.29) is 5.91 Å². The van der Waals surface area contributed by atoms with Crippen molar-refractivity contribution in [2.45, 2.75) is 27.2 Å². The molecule has 1 atom stereocenters. The Labute approximate surface area is 100 Å². The van der Waals surface area contributed by atoms with E-state index >= 15 is 0 Å². The van der Waals surface area contributed by atoms with Crippen LogP contribution in [0.2, 0.25) is 0 Å². The highest BCUT2D eigenvalue weighted by Gasteiger charge is 2.19. The lowest BCUT2D eigenvalue weighted by atomic mass is 10.1. The van der Waals surface area contributed by atoms with Crippen LogP contribution in [0.15, 0.2) is 0 Å². The lowest BCUT2D eigenvalue weighted by Gasteiger charge is -2.20. The Morgan fingerprint density at radius 2 is 2.25 bits per heavy atom. The van der Waals surface area contributed by atoms with Gasteiger partial charge in [-0.15, -0.1) is 0 Å². The summed E-state index contributed by atoms with van der Waals surface area (Å²) < 4.78 is 0. The van der Waals surface area contributed by atoms with Gasteiger partial charge in [-0.3, -0.25) is 4.79 Å². The molecular formula is C11H19N3OS. The van der Waals surface area contributed by atoms with Gasteiger partial charge in [0, 0.05) is 13.6 Å². The van der Waals surface area contributed by atoms with E-state index in [2.05, 4.69) is 18.8 Å². The fourth-order valence-corrected chi connectivity index (χ4v) is 2.30. The SMILES string of the molecule is CCC(C)CN(C)C(=O)c1sc(N)nc1C. The number of amides is 1. The second-order valence-electron chi connectivity index (χ2n) is 4.17. The van der Waals surface area contributed by atoms with E-state index in [0.717, 1.165) is 18.7 Å². The van der Waals surface area contributed by atoms with Crippen molar-refractivity contribution in [3.05, 3.63) is 10.6 Å². The van der Waals surface area contributed by atoms with Crippen molar-refractivity contribution in [1.29, 1.82) is 0 Å². The van der Waals surface area contributed by atoms with Crippen LogP contribution in [0.5, 0.6) is 0 Å². The number of anilines is 1. The van der Waals surface area contributed by atoms with E-state index in [1.165, 1.54) is 11.3 Å². The molecule has 0 aliphatic carbocycles. The maximum Gasteiger partial charge on any atom is 0.265 e. The van der Waals surface area contributed by atoms with Crippen LogP contribution in [0.4, 0.5) is 5.13 Å². The fourth-order valence-electron chi connectivity index (χ4n) is 1.47. The second-order valence-corrected chi connectivity index (χ2v) is 5.20. The predicted octanol–water partition coefficient (Wildman–Crippen LogP) is 2.15. The maximum atomic E-state index is 12.1. The number of aromatic nitrogens is 1. The van der Waals surface area contributed by atoms with E-state index in [1.54, 1.807) is 4.90 Å². The molecule has 0 saturated heterocycles. The maximum absolute atomic E-state index is 12.1. The van der Waals surface area contributed by atoms with Crippen LogP contribution in [0.1, 0.15) is 35.6 Å². The molecule has 90 valence electrons. The minimum atomic E-state index is 0.0204. The summed E-state index contributed by atoms with van der Waals surface area (Å²) in [6.07, 6.45) is 1.07. The average Bonchev–Trinajstić information content (AvgIpc) is 2.56. The molecule has 0 aliphatic heterocycles. The van der Waals surface area contributed by atoms with Crippen molar-refractivity contribution in [3.8, 4) is 0 Å². The Morgan fingerprint density at radius 1 is 1.62 bits per heavy atom. The standard InChI is InChI=1S/C11H19N3OS/c1-5-7(2)6-14(4)10(15)9-8(3)13-11(12)16-9/h7H,5-6H2,1-4H3,(H2,12,13). The molecule has 16 heavy (non-hydrogen) atoms. The average molecular weight is 241 g/mol. The highest BCUT2D eigenvalue weighted by atomic mass is 32.1. The number of hydrogen-bond acceptors (Lipinski definition) is 4. The number of thiazole rings is 1. The van der Waals surface area contributed by atoms with Gasteiger partial charge >= 0.3 is 0 Å². The number of carbonyl (C=O) groups excluding carboxylic acids is 1. The molecule has 0 bridgehead atoms. The number of nitrogens with zero attached hydrogens (tertiary/aromatic N) is 2. The summed E-state index contributed by atoms with van der Waals surface area (Å²) in [6, 6.07) is 0. The summed E-state index contributed by atoms with van der Waals surface area (Å²) in [5.74, 6) is 0.534. The molecule has 0 aliphatic rings. The van der Waals surface area contributed by atoms with Gasteiger partial charge in [-0.2, -0.15) is 0 Å². The van der Waals surface area contributed by atoms with Crippen molar-refractivity contribution < 1.29 is 4.79 Å². The van der Waals surface area contributed by atoms with E-state index in [0.29, 0.717) is 15.9 Å². The highest BCUT2D eigenvalue weighted by Crippen LogP contribution is 2.21. The molecule has 1 heterocycles. The van der Waals surface area contributed by atoms with Gasteiger partial charge in [0.1, 0.15) is 4.88 Å². The van der Waals surface area contributed by atoms with Crippen molar-refractivity contribution in [2.24, 2.45) is 5.92 Å². The van der Waals surface area contributed by atoms with E-state index in [4.69, 9.17) is 5.73 Å². The summed E-state index contributed by atoms with van der Waals surface area (Å²) >= 11 is 1.26. The predicted molar refractivity (Wildman–Crippen MR) is 67.7 cm³/mol. The number of nitrogen functional groups attached to an aromatic ring is 1. The van der Waals surface area contributed by atoms with Crippen LogP contribution in [0, 0.1) is 12.8 Å². The molecule has 1 amide bonds. The number of hydrogen-bond donors (Lipinski definition) is 1. The zero-order valence-corrected chi connectivity index (χ0v) is 11.1. The van der Waals surface area contributed by atoms with Crippen molar-refractivity contribution in [3.63, 3.8) is 0 Å². The zero-order valence-electron chi connectivity index (χ0n) is 10.3. The summed E-state index contributed by atoms with van der Waals surface area (Å²) in [4.78, 5) is 18.5. The normalized spacial score (nSPS) is 12.5. The summed E-state index contributed by atoms with van der Waals surface area (Å²) in [7, 11) is 1.82. The van der Waals surface area contributed by atoms with Gasteiger partial charge in [0.2, 0.25) is 0 Å². The van der Waals surface area contributed by atoms with Crippen molar-refractivity contribution in [1.82, 2.24) is 9.88 Å². The Kier molecular flexibility index (Phi) is 4.29. The lowest BCUT2D eigenvalue weighted by molar-refractivity contribution is 0.0779. The van der Waals surface area contributed by atoms with Crippen LogP contribution in [-0.2, 0) is 0 Å². The summed E-state index contributed by atoms with van der Waals surface area (Å²) in [5.41, 5.74) is 6.31. The Bertz CT molecular complexity index is 375. The molecule has 1 rings (SSSR count). The first kappa shape index (κ1) is 13.0. The number of nitrogens with two attached hydrogens (primary N) is 1. The van der Waals surface area contributed by atoms with Gasteiger partial charge in [-0.1, -0.05) is 31.6 Å². The minimum Gasteiger partial charge on any atom is -0.375 e. The first-order chi connectivity index (χ1) is 7.45. The molecule has 1 aromatic heterocycles. The quantitative estimate of drug-likeness (QED) is 0.878. The molecule has 5 heteroatoms. The fraction of sp³-hybridized carbons (Fsp3) is 0.636. The molecule has 0 saturated carbocycles. The van der Waals surface area contributed by atoms with Crippen molar-refractivity contribution in [2.75, 3.05) is 19.3 Å². The Hall–Kier alpha value is -1.10. The van der Waals surface area contributed by atoms with E-state index in [9.17, 15) is 4.79 Å². The van der Waals surface area contributed by atoms with E-state index in [1.807, 2.05) is 14.0 Å². The molecule has 0 spiro atoms. The summed E-state index contributed by atoms with van der Waals surface area (Å²) in [6.45, 7) is 6.85. The first-order valence-corrected chi connectivity index (χ1v) is 6.25. The highest BCUT2D eigenvalue weighted by molar-refractivity contribution is 7.17. The van der Waals surface area contributed by atoms with Crippen LogP contribution in [0.3, 0.4) is 0 Å². The van der Waals surface area contributed by atoms with Crippen LogP contribution in [0.25, 0.3) is 0 Å². The van der Waals surface area contributed by atoms with Gasteiger partial charge in [0.15, 0.2) is 5.13 Å². The summed E-state index contributed by atoms with van der Waals surface area (Å²) in [5, 5.41) is 0.456. The third-order valence-electron chi connectivity index (χ3n) is 2.64. The lowest BCUT2D eigenvalue weighted by Crippen LogP contribution is -2.30. The number of aryl methyl sites for hydroxylation is 1. The van der Waals surface area contributed by atoms with Gasteiger partial charge in [0.25, 0.3) is 5.91 Å². The van der Waals surface area contributed by atoms with Gasteiger partial charge in [0.05, 0.1) is 5.69 Å². The zero-order chi connectivity index (χ0) is 12.3. The van der Waals surface area contributed by atoms with Crippen LogP contribution in [-0.4, -0.2) is 29.4 Å². The number of rotatable bonds is 4. The van der Waals surface area contributed by atoms with Gasteiger partial charge < -0.3 is 10.6 Å². The largest absolute Gasteiger partial charge is 0.375 e. The molecule has 0 radical (unpaired) electrons. The van der Waals surface area contributed by atoms with Gasteiger partial charge in [-0.25, -0.2) is 4.98 Å². The number of carbonyl (C=O) groups is 1. The van der Waals surface area contributed by atoms with Crippen LogP contribution >= 0.6 is 11.3 Å². The molecule has 4 nitrogen and oxygen atoms in total. The Morgan fingerprint density at radius 3 is 2.69 bits per heavy atom. The molecule has 0 fully saturated rings. The molecular weight excluding hydrogens is 222 g/mol.